The highest BCUT2D eigenvalue weighted by Crippen LogP contribution is 2.35. The quantitative estimate of drug-likeness (QED) is 0.870. The molecule has 0 aliphatic heterocycles. The molecule has 0 radical (unpaired) electrons. The largest absolute Gasteiger partial charge is 0.383 e. The second-order valence-corrected chi connectivity index (χ2v) is 6.61. The zero-order chi connectivity index (χ0) is 15.3. The van der Waals surface area contributed by atoms with E-state index >= 15 is 0 Å². The molecule has 1 aliphatic carbocycles. The second-order valence-electron chi connectivity index (χ2n) is 6.61. The fraction of sp³-hybridized carbons (Fsp3) is 0.647. The van der Waals surface area contributed by atoms with Gasteiger partial charge in [0.05, 0.1) is 17.4 Å². The zero-order valence-corrected chi connectivity index (χ0v) is 13.4. The molecule has 4 heteroatoms. The molecule has 2 N–H and O–H groups in total. The maximum atomic E-state index is 12.6. The van der Waals surface area contributed by atoms with E-state index in [2.05, 4.69) is 36.4 Å². The zero-order valence-electron chi connectivity index (χ0n) is 13.4. The van der Waals surface area contributed by atoms with Crippen LogP contribution >= 0.6 is 0 Å². The molecule has 1 aromatic rings. The Morgan fingerprint density at radius 2 is 2.24 bits per heavy atom. The van der Waals surface area contributed by atoms with Crippen LogP contribution in [0, 0.1) is 5.41 Å². The Bertz CT molecular complexity index is 485. The van der Waals surface area contributed by atoms with E-state index in [4.69, 9.17) is 0 Å². The molecule has 0 bridgehead atoms. The van der Waals surface area contributed by atoms with Crippen molar-refractivity contribution in [2.24, 2.45) is 5.41 Å². The van der Waals surface area contributed by atoms with E-state index in [1.165, 1.54) is 19.3 Å². The van der Waals surface area contributed by atoms with E-state index in [9.17, 15) is 4.79 Å². The molecular weight excluding hydrogens is 262 g/mol. The van der Waals surface area contributed by atoms with Crippen molar-refractivity contribution in [3.05, 3.63) is 24.0 Å². The maximum absolute atomic E-state index is 12.6. The predicted octanol–water partition coefficient (Wildman–Crippen LogP) is 3.60. The van der Waals surface area contributed by atoms with Crippen LogP contribution in [-0.4, -0.2) is 23.5 Å². The van der Waals surface area contributed by atoms with E-state index in [0.717, 1.165) is 25.1 Å². The average Bonchev–Trinajstić information content (AvgIpc) is 2.47. The Morgan fingerprint density at radius 1 is 1.43 bits per heavy atom. The molecule has 0 saturated heterocycles. The summed E-state index contributed by atoms with van der Waals surface area (Å²) in [7, 11) is 0. The normalized spacial score (nSPS) is 20.8. The fourth-order valence-corrected chi connectivity index (χ4v) is 2.99. The maximum Gasteiger partial charge on any atom is 0.253 e. The van der Waals surface area contributed by atoms with Gasteiger partial charge >= 0.3 is 0 Å². The third-order valence-corrected chi connectivity index (χ3v) is 4.44. The molecule has 1 aromatic heterocycles. The molecule has 1 atom stereocenters. The number of aromatic nitrogens is 1. The lowest BCUT2D eigenvalue weighted by Crippen LogP contribution is -2.46. The monoisotopic (exact) mass is 289 g/mol. The van der Waals surface area contributed by atoms with E-state index in [-0.39, 0.29) is 17.4 Å². The van der Waals surface area contributed by atoms with Gasteiger partial charge in [-0.25, -0.2) is 0 Å². The van der Waals surface area contributed by atoms with Gasteiger partial charge in [-0.05, 0) is 30.7 Å². The van der Waals surface area contributed by atoms with Gasteiger partial charge in [0, 0.05) is 18.8 Å². The lowest BCUT2D eigenvalue weighted by Gasteiger charge is -2.39. The van der Waals surface area contributed by atoms with Crippen LogP contribution in [-0.2, 0) is 0 Å². The number of nitrogens with one attached hydrogen (secondary N) is 2. The fourth-order valence-electron chi connectivity index (χ4n) is 2.99. The molecule has 1 saturated carbocycles. The van der Waals surface area contributed by atoms with Crippen LogP contribution in [0.25, 0.3) is 0 Å². The van der Waals surface area contributed by atoms with Gasteiger partial charge in [0.25, 0.3) is 5.91 Å². The van der Waals surface area contributed by atoms with Crippen molar-refractivity contribution in [3.63, 3.8) is 0 Å². The smallest absolute Gasteiger partial charge is 0.253 e. The highest BCUT2D eigenvalue weighted by atomic mass is 16.1. The molecule has 4 nitrogen and oxygen atoms in total. The van der Waals surface area contributed by atoms with Crippen LogP contribution < -0.4 is 10.6 Å². The summed E-state index contributed by atoms with van der Waals surface area (Å²) in [6, 6.07) is 2.05. The molecule has 0 spiro atoms. The van der Waals surface area contributed by atoms with Crippen molar-refractivity contribution in [1.82, 2.24) is 10.3 Å². The Hall–Kier alpha value is -1.58. The molecule has 1 fully saturated rings. The first-order chi connectivity index (χ1) is 10.0. The summed E-state index contributed by atoms with van der Waals surface area (Å²) in [5.74, 6) is 0.0102. The third-order valence-electron chi connectivity index (χ3n) is 4.44. The molecule has 1 aliphatic rings. The average molecular weight is 289 g/mol. The molecule has 2 rings (SSSR count). The number of carbonyl (C=O) groups excluding carboxylic acids is 1. The minimum Gasteiger partial charge on any atom is -0.383 e. The van der Waals surface area contributed by atoms with Gasteiger partial charge in [-0.3, -0.25) is 9.78 Å². The first-order valence-corrected chi connectivity index (χ1v) is 8.03. The summed E-state index contributed by atoms with van der Waals surface area (Å²) >= 11 is 0. The first kappa shape index (κ1) is 15.8. The number of carbonyl (C=O) groups is 1. The van der Waals surface area contributed by atoms with Crippen LogP contribution in [0.1, 0.15) is 63.2 Å². The third kappa shape index (κ3) is 3.96. The van der Waals surface area contributed by atoms with E-state index in [0.29, 0.717) is 5.56 Å². The summed E-state index contributed by atoms with van der Waals surface area (Å²) < 4.78 is 0. The lowest BCUT2D eigenvalue weighted by atomic mass is 9.73. The van der Waals surface area contributed by atoms with Crippen LogP contribution in [0.2, 0.25) is 0 Å². The minimum absolute atomic E-state index is 0.0102. The predicted molar refractivity (Wildman–Crippen MR) is 86.5 cm³/mol. The van der Waals surface area contributed by atoms with Gasteiger partial charge in [0.2, 0.25) is 0 Å². The van der Waals surface area contributed by atoms with Crippen LogP contribution in [0.4, 0.5) is 5.69 Å². The molecular formula is C17H27N3O. The van der Waals surface area contributed by atoms with E-state index in [1.54, 1.807) is 18.5 Å². The highest BCUT2D eigenvalue weighted by molar-refractivity contribution is 5.99. The number of nitrogens with zero attached hydrogens (tertiary/aromatic N) is 1. The molecule has 0 aromatic carbocycles. The van der Waals surface area contributed by atoms with Crippen molar-refractivity contribution in [2.45, 2.75) is 58.9 Å². The number of hydrogen-bond acceptors (Lipinski definition) is 3. The van der Waals surface area contributed by atoms with Crippen LogP contribution in [0.15, 0.2) is 18.5 Å². The Balaban J connectivity index is 2.09. The molecule has 1 unspecified atom stereocenters. The van der Waals surface area contributed by atoms with Gasteiger partial charge in [0.1, 0.15) is 0 Å². The van der Waals surface area contributed by atoms with Crippen molar-refractivity contribution >= 4 is 11.6 Å². The Morgan fingerprint density at radius 3 is 2.95 bits per heavy atom. The summed E-state index contributed by atoms with van der Waals surface area (Å²) in [6.07, 6.45) is 9.14. The van der Waals surface area contributed by atoms with Gasteiger partial charge in [-0.1, -0.05) is 33.6 Å². The second kappa shape index (κ2) is 6.92. The molecule has 21 heavy (non-hydrogen) atoms. The van der Waals surface area contributed by atoms with Crippen molar-refractivity contribution in [3.8, 4) is 0 Å². The van der Waals surface area contributed by atoms with Gasteiger partial charge in [-0.15, -0.1) is 0 Å². The molecule has 1 heterocycles. The topological polar surface area (TPSA) is 54.0 Å². The highest BCUT2D eigenvalue weighted by Gasteiger charge is 2.33. The van der Waals surface area contributed by atoms with E-state index in [1.807, 2.05) is 0 Å². The number of hydrogen-bond donors (Lipinski definition) is 2. The summed E-state index contributed by atoms with van der Waals surface area (Å²) in [6.45, 7) is 7.45. The van der Waals surface area contributed by atoms with E-state index < -0.39 is 0 Å². The molecule has 1 amide bonds. The summed E-state index contributed by atoms with van der Waals surface area (Å²) in [4.78, 5) is 16.7. The SMILES string of the molecule is CCCNc1cnccc1C(=O)NC1CCCCC1(C)C. The van der Waals surface area contributed by atoms with Crippen molar-refractivity contribution in [1.29, 1.82) is 0 Å². The number of rotatable bonds is 5. The minimum atomic E-state index is 0.0102. The van der Waals surface area contributed by atoms with Crippen LogP contribution in [0.5, 0.6) is 0 Å². The molecule has 116 valence electrons. The Kier molecular flexibility index (Phi) is 5.21. The summed E-state index contributed by atoms with van der Waals surface area (Å²) in [5.41, 5.74) is 1.70. The summed E-state index contributed by atoms with van der Waals surface area (Å²) in [5, 5.41) is 6.51. The van der Waals surface area contributed by atoms with Crippen LogP contribution in [0.3, 0.4) is 0 Å². The van der Waals surface area contributed by atoms with Gasteiger partial charge < -0.3 is 10.6 Å². The number of pyridine rings is 1. The number of amides is 1. The van der Waals surface area contributed by atoms with Crippen molar-refractivity contribution < 1.29 is 4.79 Å². The first-order valence-electron chi connectivity index (χ1n) is 8.03. The van der Waals surface area contributed by atoms with Crippen molar-refractivity contribution in [2.75, 3.05) is 11.9 Å². The number of anilines is 1. The lowest BCUT2D eigenvalue weighted by molar-refractivity contribution is 0.0854. The Labute approximate surface area is 127 Å². The van der Waals surface area contributed by atoms with Gasteiger partial charge in [-0.2, -0.15) is 0 Å². The van der Waals surface area contributed by atoms with Gasteiger partial charge in [0.15, 0.2) is 0 Å². The standard InChI is InChI=1S/C17H27N3O/c1-4-10-19-14-12-18-11-8-13(14)16(21)20-15-7-5-6-9-17(15,2)3/h8,11-12,15,19H,4-7,9-10H2,1-3H3,(H,20,21).